The summed E-state index contributed by atoms with van der Waals surface area (Å²) in [6.07, 6.45) is 9.93. The highest BCUT2D eigenvalue weighted by atomic mass is 19.2. The summed E-state index contributed by atoms with van der Waals surface area (Å²) in [5, 5.41) is 0. The number of hydrogen-bond donors (Lipinski definition) is 0. The van der Waals surface area contributed by atoms with Gasteiger partial charge in [-0.25, -0.2) is 8.78 Å². The van der Waals surface area contributed by atoms with Crippen LogP contribution in [0.5, 0.6) is 0 Å². The van der Waals surface area contributed by atoms with Gasteiger partial charge in [0.25, 0.3) is 5.97 Å². The molecule has 0 radical (unpaired) electrons. The number of benzene rings is 2. The van der Waals surface area contributed by atoms with Crippen LogP contribution in [0.4, 0.5) is 8.78 Å². The molecule has 3 nitrogen and oxygen atoms in total. The second-order valence-electron chi connectivity index (χ2n) is 7.89. The molecule has 0 spiro atoms. The standard InChI is InChI=1S/C26H36F2O3/c1-4-5-6-7-8-9-10-18-26(29-2,30-3)31-19-17-21-11-13-22(14-12-21)23-15-16-24(27)25(28)20-23/h11-16,20H,4-10,17-19H2,1-3H3. The second kappa shape index (κ2) is 13.6. The lowest BCUT2D eigenvalue weighted by atomic mass is 10.0. The quantitative estimate of drug-likeness (QED) is 0.218. The third-order valence-electron chi connectivity index (χ3n) is 5.63. The number of unbranched alkanes of at least 4 members (excludes halogenated alkanes) is 6. The normalized spacial score (nSPS) is 11.8. The Balaban J connectivity index is 1.80. The van der Waals surface area contributed by atoms with E-state index in [4.69, 9.17) is 14.2 Å². The SMILES string of the molecule is CCCCCCCCCC(OC)(OC)OCCc1ccc(-c2ccc(F)c(F)c2)cc1. The monoisotopic (exact) mass is 434 g/mol. The van der Waals surface area contributed by atoms with Crippen molar-refractivity contribution in [1.82, 2.24) is 0 Å². The topological polar surface area (TPSA) is 27.7 Å². The van der Waals surface area contributed by atoms with E-state index in [-0.39, 0.29) is 0 Å². The third kappa shape index (κ3) is 8.32. The zero-order valence-electron chi connectivity index (χ0n) is 19.1. The minimum atomic E-state index is -1.00. The highest BCUT2D eigenvalue weighted by molar-refractivity contribution is 5.63. The molecule has 0 aliphatic heterocycles. The third-order valence-corrected chi connectivity index (χ3v) is 5.63. The molecule has 172 valence electrons. The molecule has 2 rings (SSSR count). The van der Waals surface area contributed by atoms with E-state index >= 15 is 0 Å². The van der Waals surface area contributed by atoms with Gasteiger partial charge in [-0.2, -0.15) is 0 Å². The van der Waals surface area contributed by atoms with Gasteiger partial charge in [-0.15, -0.1) is 0 Å². The van der Waals surface area contributed by atoms with E-state index in [0.29, 0.717) is 25.0 Å². The number of rotatable bonds is 15. The highest BCUT2D eigenvalue weighted by Crippen LogP contribution is 2.24. The lowest BCUT2D eigenvalue weighted by Crippen LogP contribution is -2.37. The van der Waals surface area contributed by atoms with E-state index in [2.05, 4.69) is 6.92 Å². The summed E-state index contributed by atoms with van der Waals surface area (Å²) < 4.78 is 43.7. The van der Waals surface area contributed by atoms with Gasteiger partial charge in [0, 0.05) is 20.6 Å². The van der Waals surface area contributed by atoms with Gasteiger partial charge in [-0.3, -0.25) is 0 Å². The maximum Gasteiger partial charge on any atom is 0.282 e. The molecule has 0 heterocycles. The van der Waals surface area contributed by atoms with Gasteiger partial charge in [0.05, 0.1) is 6.61 Å². The van der Waals surface area contributed by atoms with Crippen LogP contribution in [0, 0.1) is 11.6 Å². The molecule has 0 aliphatic carbocycles. The molecular weight excluding hydrogens is 398 g/mol. The minimum absolute atomic E-state index is 0.461. The fourth-order valence-electron chi connectivity index (χ4n) is 3.64. The van der Waals surface area contributed by atoms with E-state index in [1.807, 2.05) is 24.3 Å². The molecule has 0 bridgehead atoms. The molecule has 0 unspecified atom stereocenters. The van der Waals surface area contributed by atoms with Crippen LogP contribution < -0.4 is 0 Å². The molecule has 0 saturated heterocycles. The molecule has 0 atom stereocenters. The molecule has 0 aromatic heterocycles. The predicted molar refractivity (Wildman–Crippen MR) is 121 cm³/mol. The molecule has 2 aromatic rings. The van der Waals surface area contributed by atoms with Gasteiger partial charge in [0.1, 0.15) is 0 Å². The molecular formula is C26H36F2O3. The average Bonchev–Trinajstić information content (AvgIpc) is 2.79. The lowest BCUT2D eigenvalue weighted by Gasteiger charge is -2.30. The van der Waals surface area contributed by atoms with Gasteiger partial charge in [0.15, 0.2) is 11.6 Å². The maximum absolute atomic E-state index is 13.5. The Kier molecular flexibility index (Phi) is 11.1. The zero-order chi connectivity index (χ0) is 22.5. The van der Waals surface area contributed by atoms with Crippen LogP contribution in [-0.2, 0) is 20.6 Å². The van der Waals surface area contributed by atoms with E-state index in [9.17, 15) is 8.78 Å². The van der Waals surface area contributed by atoms with Crippen molar-refractivity contribution in [2.24, 2.45) is 0 Å². The fraction of sp³-hybridized carbons (Fsp3) is 0.538. The average molecular weight is 435 g/mol. The van der Waals surface area contributed by atoms with Gasteiger partial charge in [-0.1, -0.05) is 75.8 Å². The highest BCUT2D eigenvalue weighted by Gasteiger charge is 2.30. The van der Waals surface area contributed by atoms with E-state index in [1.54, 1.807) is 20.3 Å². The van der Waals surface area contributed by atoms with Crippen molar-refractivity contribution in [3.8, 4) is 11.1 Å². The maximum atomic E-state index is 13.5. The van der Waals surface area contributed by atoms with E-state index in [0.717, 1.165) is 30.0 Å². The summed E-state index contributed by atoms with van der Waals surface area (Å²) in [5.74, 6) is -2.69. The predicted octanol–water partition coefficient (Wildman–Crippen LogP) is 7.28. The first-order valence-corrected chi connectivity index (χ1v) is 11.3. The Hall–Kier alpha value is -1.82. The minimum Gasteiger partial charge on any atom is -0.331 e. The molecule has 0 amide bonds. The van der Waals surface area contributed by atoms with Crippen molar-refractivity contribution in [2.75, 3.05) is 20.8 Å². The molecule has 0 N–H and O–H groups in total. The van der Waals surface area contributed by atoms with Crippen LogP contribution in [0.25, 0.3) is 11.1 Å². The number of methoxy groups -OCH3 is 2. The van der Waals surface area contributed by atoms with Crippen molar-refractivity contribution in [3.05, 3.63) is 59.7 Å². The molecule has 2 aromatic carbocycles. The van der Waals surface area contributed by atoms with Crippen LogP contribution in [-0.4, -0.2) is 26.8 Å². The van der Waals surface area contributed by atoms with Crippen molar-refractivity contribution in [2.45, 2.75) is 70.7 Å². The number of ether oxygens (including phenoxy) is 3. The summed E-state index contributed by atoms with van der Waals surface area (Å²) in [6, 6.07) is 11.7. The largest absolute Gasteiger partial charge is 0.331 e. The Morgan fingerprint density at radius 1 is 0.742 bits per heavy atom. The van der Waals surface area contributed by atoms with Crippen LogP contribution in [0.2, 0.25) is 0 Å². The fourth-order valence-corrected chi connectivity index (χ4v) is 3.64. The molecule has 0 fully saturated rings. The second-order valence-corrected chi connectivity index (χ2v) is 7.89. The molecule has 0 saturated carbocycles. The van der Waals surface area contributed by atoms with Crippen molar-refractivity contribution >= 4 is 0 Å². The Morgan fingerprint density at radius 2 is 1.35 bits per heavy atom. The first-order valence-electron chi connectivity index (χ1n) is 11.3. The Morgan fingerprint density at radius 3 is 1.97 bits per heavy atom. The van der Waals surface area contributed by atoms with Gasteiger partial charge >= 0.3 is 0 Å². The number of hydrogen-bond acceptors (Lipinski definition) is 3. The van der Waals surface area contributed by atoms with Crippen LogP contribution in [0.15, 0.2) is 42.5 Å². The first-order chi connectivity index (χ1) is 15.0. The first kappa shape index (κ1) is 25.4. The van der Waals surface area contributed by atoms with E-state index in [1.165, 1.54) is 38.2 Å². The van der Waals surface area contributed by atoms with Gasteiger partial charge < -0.3 is 14.2 Å². The van der Waals surface area contributed by atoms with Crippen molar-refractivity contribution in [1.29, 1.82) is 0 Å². The molecule has 5 heteroatoms. The van der Waals surface area contributed by atoms with Crippen LogP contribution in [0.1, 0.15) is 63.9 Å². The van der Waals surface area contributed by atoms with Gasteiger partial charge in [0.2, 0.25) is 0 Å². The summed E-state index contributed by atoms with van der Waals surface area (Å²) >= 11 is 0. The smallest absolute Gasteiger partial charge is 0.282 e. The summed E-state index contributed by atoms with van der Waals surface area (Å²) in [7, 11) is 3.22. The van der Waals surface area contributed by atoms with Crippen molar-refractivity contribution < 1.29 is 23.0 Å². The van der Waals surface area contributed by atoms with Gasteiger partial charge in [-0.05, 0) is 41.7 Å². The van der Waals surface area contributed by atoms with Crippen LogP contribution >= 0.6 is 0 Å². The summed E-state index contributed by atoms with van der Waals surface area (Å²) in [6.45, 7) is 2.69. The van der Waals surface area contributed by atoms with Crippen LogP contribution in [0.3, 0.4) is 0 Å². The van der Waals surface area contributed by atoms with Crippen molar-refractivity contribution in [3.63, 3.8) is 0 Å². The Labute approximate surface area is 185 Å². The Bertz CT molecular complexity index is 758. The zero-order valence-corrected chi connectivity index (χ0v) is 19.1. The number of halogens is 2. The lowest BCUT2D eigenvalue weighted by molar-refractivity contribution is -0.365. The molecule has 31 heavy (non-hydrogen) atoms. The molecule has 0 aliphatic rings. The van der Waals surface area contributed by atoms with E-state index < -0.39 is 17.6 Å². The summed E-state index contributed by atoms with van der Waals surface area (Å²) in [4.78, 5) is 0. The summed E-state index contributed by atoms with van der Waals surface area (Å²) in [5.41, 5.74) is 2.57.